The van der Waals surface area contributed by atoms with Gasteiger partial charge in [0.25, 0.3) is 0 Å². The van der Waals surface area contributed by atoms with Crippen molar-refractivity contribution in [3.05, 3.63) is 57.6 Å². The molecule has 0 bridgehead atoms. The van der Waals surface area contributed by atoms with Crippen LogP contribution in [0.4, 0.5) is 0 Å². The molecule has 4 rings (SSSR count). The number of hydrogen-bond acceptors (Lipinski definition) is 5. The lowest BCUT2D eigenvalue weighted by Crippen LogP contribution is -2.28. The van der Waals surface area contributed by atoms with Crippen LogP contribution < -0.4 is 0 Å². The van der Waals surface area contributed by atoms with E-state index in [4.69, 9.17) is 0 Å². The first-order valence-corrected chi connectivity index (χ1v) is 8.27. The fourth-order valence-electron chi connectivity index (χ4n) is 3.89. The Morgan fingerprint density at radius 1 is 0.920 bits per heavy atom. The molecule has 0 aliphatic heterocycles. The van der Waals surface area contributed by atoms with Crippen LogP contribution in [0.25, 0.3) is 0 Å². The minimum atomic E-state index is -0.550. The molecular formula is C20H16O5. The number of ketones is 3. The van der Waals surface area contributed by atoms with E-state index in [1.54, 1.807) is 0 Å². The quantitative estimate of drug-likeness (QED) is 0.713. The maximum absolute atomic E-state index is 13.0. The summed E-state index contributed by atoms with van der Waals surface area (Å²) in [6.07, 6.45) is 1.60. The SMILES string of the molecule is CC[C@@H]1CC(=O)c2c(c(O)cc3c2C(=O)c2cccc(O)c2C3=O)C1. The molecule has 0 saturated carbocycles. The monoisotopic (exact) mass is 336 g/mol. The van der Waals surface area contributed by atoms with Crippen LogP contribution in [0.5, 0.6) is 11.5 Å². The third kappa shape index (κ3) is 2.05. The Hall–Kier alpha value is -2.95. The summed E-state index contributed by atoms with van der Waals surface area (Å²) in [6, 6.07) is 5.56. The van der Waals surface area contributed by atoms with Crippen molar-refractivity contribution in [3.8, 4) is 11.5 Å². The summed E-state index contributed by atoms with van der Waals surface area (Å²) in [5.74, 6) is -1.53. The molecule has 0 fully saturated rings. The van der Waals surface area contributed by atoms with E-state index >= 15 is 0 Å². The Morgan fingerprint density at radius 2 is 1.64 bits per heavy atom. The molecule has 1 atom stereocenters. The Bertz CT molecular complexity index is 971. The van der Waals surface area contributed by atoms with Crippen molar-refractivity contribution in [1.82, 2.24) is 0 Å². The van der Waals surface area contributed by atoms with E-state index in [1.807, 2.05) is 6.92 Å². The standard InChI is InChI=1S/C20H16O5/c1-2-9-6-11-14(22)8-12-18(16(11)15(23)7-9)19(24)10-4-3-5-13(21)17(10)20(12)25/h3-5,8-9,21-22H,2,6-7H2,1H3/t9-/m0/s1. The van der Waals surface area contributed by atoms with Crippen molar-refractivity contribution in [2.75, 3.05) is 0 Å². The largest absolute Gasteiger partial charge is 0.508 e. The van der Waals surface area contributed by atoms with Crippen molar-refractivity contribution in [3.63, 3.8) is 0 Å². The number of Topliss-reactive ketones (excluding diaryl/α,β-unsaturated/α-hetero) is 1. The lowest BCUT2D eigenvalue weighted by Gasteiger charge is -2.28. The maximum Gasteiger partial charge on any atom is 0.198 e. The minimum Gasteiger partial charge on any atom is -0.508 e. The smallest absolute Gasteiger partial charge is 0.198 e. The molecule has 0 heterocycles. The Morgan fingerprint density at radius 3 is 2.36 bits per heavy atom. The van der Waals surface area contributed by atoms with Gasteiger partial charge in [0.2, 0.25) is 0 Å². The van der Waals surface area contributed by atoms with E-state index in [1.165, 1.54) is 24.3 Å². The highest BCUT2D eigenvalue weighted by Crippen LogP contribution is 2.42. The van der Waals surface area contributed by atoms with Crippen LogP contribution in [0.15, 0.2) is 24.3 Å². The lowest BCUT2D eigenvalue weighted by atomic mass is 9.73. The molecule has 2 aromatic carbocycles. The van der Waals surface area contributed by atoms with Crippen molar-refractivity contribution in [2.45, 2.75) is 26.2 Å². The average Bonchev–Trinajstić information content (AvgIpc) is 2.59. The van der Waals surface area contributed by atoms with Gasteiger partial charge in [-0.25, -0.2) is 0 Å². The zero-order chi connectivity index (χ0) is 17.9. The number of rotatable bonds is 1. The van der Waals surface area contributed by atoms with Gasteiger partial charge in [-0.05, 0) is 24.5 Å². The summed E-state index contributed by atoms with van der Waals surface area (Å²) in [5, 5.41) is 20.4. The van der Waals surface area contributed by atoms with E-state index < -0.39 is 11.6 Å². The van der Waals surface area contributed by atoms with Gasteiger partial charge < -0.3 is 10.2 Å². The van der Waals surface area contributed by atoms with Crippen LogP contribution >= 0.6 is 0 Å². The lowest BCUT2D eigenvalue weighted by molar-refractivity contribution is 0.0929. The van der Waals surface area contributed by atoms with Crippen molar-refractivity contribution in [1.29, 1.82) is 0 Å². The third-order valence-electron chi connectivity index (χ3n) is 5.22. The molecule has 2 aliphatic carbocycles. The Kier molecular flexibility index (Phi) is 3.29. The Labute approximate surface area is 143 Å². The predicted octanol–water partition coefficient (Wildman–Crippen LogP) is 3.03. The molecular weight excluding hydrogens is 320 g/mol. The van der Waals surface area contributed by atoms with Crippen molar-refractivity contribution in [2.24, 2.45) is 5.92 Å². The number of phenols is 2. The maximum atomic E-state index is 13.0. The fourth-order valence-corrected chi connectivity index (χ4v) is 3.89. The van der Waals surface area contributed by atoms with Crippen molar-refractivity contribution >= 4 is 17.3 Å². The summed E-state index contributed by atoms with van der Waals surface area (Å²) in [5.41, 5.74) is 0.692. The number of carbonyl (C=O) groups is 3. The predicted molar refractivity (Wildman–Crippen MR) is 89.5 cm³/mol. The molecule has 2 aromatic rings. The van der Waals surface area contributed by atoms with Crippen LogP contribution in [-0.4, -0.2) is 27.6 Å². The van der Waals surface area contributed by atoms with Crippen LogP contribution in [0.1, 0.15) is 67.5 Å². The van der Waals surface area contributed by atoms with Crippen LogP contribution in [-0.2, 0) is 6.42 Å². The van der Waals surface area contributed by atoms with Gasteiger partial charge in [-0.15, -0.1) is 0 Å². The number of aromatic hydroxyl groups is 2. The molecule has 126 valence electrons. The summed E-state index contributed by atoms with van der Waals surface area (Å²) < 4.78 is 0. The molecule has 0 amide bonds. The topological polar surface area (TPSA) is 91.7 Å². The van der Waals surface area contributed by atoms with E-state index in [0.717, 1.165) is 6.42 Å². The molecule has 25 heavy (non-hydrogen) atoms. The van der Waals surface area contributed by atoms with Gasteiger partial charge >= 0.3 is 0 Å². The van der Waals surface area contributed by atoms with E-state index in [-0.39, 0.29) is 51.0 Å². The summed E-state index contributed by atoms with van der Waals surface area (Å²) >= 11 is 0. The second-order valence-corrected chi connectivity index (χ2v) is 6.64. The average molecular weight is 336 g/mol. The molecule has 0 spiro atoms. The van der Waals surface area contributed by atoms with Gasteiger partial charge in [-0.2, -0.15) is 0 Å². The molecule has 2 aliphatic rings. The number of benzene rings is 2. The van der Waals surface area contributed by atoms with Crippen LogP contribution in [0.3, 0.4) is 0 Å². The molecule has 5 nitrogen and oxygen atoms in total. The Balaban J connectivity index is 2.03. The zero-order valence-electron chi connectivity index (χ0n) is 13.6. The second kappa shape index (κ2) is 5.28. The minimum absolute atomic E-state index is 0.0152. The van der Waals surface area contributed by atoms with Gasteiger partial charge in [-0.3, -0.25) is 14.4 Å². The normalized spacial score (nSPS) is 18.6. The summed E-state index contributed by atoms with van der Waals surface area (Å²) in [6.45, 7) is 1.98. The van der Waals surface area contributed by atoms with Gasteiger partial charge in [0, 0.05) is 34.2 Å². The second-order valence-electron chi connectivity index (χ2n) is 6.64. The van der Waals surface area contributed by atoms with Crippen molar-refractivity contribution < 1.29 is 24.6 Å². The van der Waals surface area contributed by atoms with Crippen LogP contribution in [0.2, 0.25) is 0 Å². The highest BCUT2D eigenvalue weighted by molar-refractivity contribution is 6.32. The van der Waals surface area contributed by atoms with Gasteiger partial charge in [0.1, 0.15) is 11.5 Å². The first-order valence-electron chi connectivity index (χ1n) is 8.27. The highest BCUT2D eigenvalue weighted by Gasteiger charge is 2.39. The summed E-state index contributed by atoms with van der Waals surface area (Å²) in [4.78, 5) is 38.5. The third-order valence-corrected chi connectivity index (χ3v) is 5.22. The fraction of sp³-hybridized carbons (Fsp3) is 0.250. The van der Waals surface area contributed by atoms with E-state index in [2.05, 4.69) is 0 Å². The zero-order valence-corrected chi connectivity index (χ0v) is 13.6. The molecule has 2 N–H and O–H groups in total. The molecule has 0 aromatic heterocycles. The first kappa shape index (κ1) is 15.6. The van der Waals surface area contributed by atoms with E-state index in [9.17, 15) is 24.6 Å². The highest BCUT2D eigenvalue weighted by atomic mass is 16.3. The number of phenolic OH excluding ortho intramolecular Hbond substituents is 2. The number of hydrogen-bond donors (Lipinski definition) is 2. The molecule has 0 unspecified atom stereocenters. The van der Waals surface area contributed by atoms with Gasteiger partial charge in [-0.1, -0.05) is 25.5 Å². The first-order chi connectivity index (χ1) is 11.9. The number of fused-ring (bicyclic) bond motifs is 4. The molecule has 0 saturated heterocycles. The molecule has 0 radical (unpaired) electrons. The van der Waals surface area contributed by atoms with Gasteiger partial charge in [0.15, 0.2) is 17.3 Å². The van der Waals surface area contributed by atoms with E-state index in [0.29, 0.717) is 18.4 Å². The van der Waals surface area contributed by atoms with Gasteiger partial charge in [0.05, 0.1) is 5.56 Å². The molecule has 5 heteroatoms. The van der Waals surface area contributed by atoms with Crippen LogP contribution in [0, 0.1) is 5.92 Å². The summed E-state index contributed by atoms with van der Waals surface area (Å²) in [7, 11) is 0. The number of carbonyl (C=O) groups excluding carboxylic acids is 3.